The Kier molecular flexibility index (Phi) is 3.14. The Morgan fingerprint density at radius 2 is 2.13 bits per heavy atom. The highest BCUT2D eigenvalue weighted by Crippen LogP contribution is 2.27. The molecule has 0 amide bonds. The lowest BCUT2D eigenvalue weighted by Gasteiger charge is -2.08. The van der Waals surface area contributed by atoms with Crippen molar-refractivity contribution in [2.24, 2.45) is 0 Å². The van der Waals surface area contributed by atoms with Gasteiger partial charge in [-0.2, -0.15) is 10.5 Å². The molecule has 0 bridgehead atoms. The normalized spacial score (nSPS) is 9.67. The molecule has 0 fully saturated rings. The minimum atomic E-state index is -2.75. The molecule has 0 aliphatic heterocycles. The van der Waals surface area contributed by atoms with Crippen LogP contribution in [0.15, 0.2) is 6.20 Å². The maximum absolute atomic E-state index is 12.5. The lowest BCUT2D eigenvalue weighted by atomic mass is 10.0. The number of hydrogen-bond acceptors (Lipinski definition) is 4. The van der Waals surface area contributed by atoms with Gasteiger partial charge in [-0.1, -0.05) is 0 Å². The number of pyridine rings is 1. The van der Waals surface area contributed by atoms with Gasteiger partial charge in [-0.3, -0.25) is 0 Å². The van der Waals surface area contributed by atoms with Crippen LogP contribution in [0.3, 0.4) is 0 Å². The second-order valence-electron chi connectivity index (χ2n) is 2.70. The molecule has 0 aromatic carbocycles. The zero-order chi connectivity index (χ0) is 11.4. The fourth-order valence-electron chi connectivity index (χ4n) is 1.13. The molecule has 0 radical (unpaired) electrons. The van der Waals surface area contributed by atoms with Crippen molar-refractivity contribution in [2.45, 2.75) is 12.8 Å². The van der Waals surface area contributed by atoms with Crippen molar-refractivity contribution in [1.29, 1.82) is 10.5 Å². The van der Waals surface area contributed by atoms with Crippen LogP contribution in [0.1, 0.15) is 23.2 Å². The van der Waals surface area contributed by atoms with Gasteiger partial charge in [0.1, 0.15) is 6.07 Å². The number of anilines is 1. The average Bonchev–Trinajstić information content (AvgIpc) is 2.20. The van der Waals surface area contributed by atoms with Crippen molar-refractivity contribution in [3.8, 4) is 12.1 Å². The van der Waals surface area contributed by atoms with Gasteiger partial charge >= 0.3 is 0 Å². The number of rotatable bonds is 2. The van der Waals surface area contributed by atoms with Crippen LogP contribution >= 0.6 is 0 Å². The molecule has 4 nitrogen and oxygen atoms in total. The number of halogens is 2. The van der Waals surface area contributed by atoms with Gasteiger partial charge in [0.2, 0.25) is 0 Å². The Morgan fingerprint density at radius 1 is 1.47 bits per heavy atom. The van der Waals surface area contributed by atoms with E-state index in [4.69, 9.17) is 16.3 Å². The molecule has 6 heteroatoms. The zero-order valence-corrected chi connectivity index (χ0v) is 7.54. The SMILES string of the molecule is N#CCc1c(C(F)F)cnc(C#N)c1N. The molecule has 2 N–H and O–H groups in total. The molecule has 0 unspecified atom stereocenters. The van der Waals surface area contributed by atoms with E-state index in [9.17, 15) is 8.78 Å². The van der Waals surface area contributed by atoms with E-state index < -0.39 is 12.0 Å². The Labute approximate surface area is 84.6 Å². The van der Waals surface area contributed by atoms with Crippen molar-refractivity contribution in [1.82, 2.24) is 4.98 Å². The van der Waals surface area contributed by atoms with Crippen molar-refractivity contribution in [3.05, 3.63) is 23.0 Å². The molecule has 1 heterocycles. The first kappa shape index (κ1) is 10.9. The Hall–Kier alpha value is -2.21. The molecule has 76 valence electrons. The van der Waals surface area contributed by atoms with Gasteiger partial charge in [0.15, 0.2) is 5.69 Å². The molecule has 1 rings (SSSR count). The van der Waals surface area contributed by atoms with E-state index in [-0.39, 0.29) is 23.4 Å². The van der Waals surface area contributed by atoms with Crippen molar-refractivity contribution in [2.75, 3.05) is 5.73 Å². The number of aromatic nitrogens is 1. The quantitative estimate of drug-likeness (QED) is 0.798. The predicted molar refractivity (Wildman–Crippen MR) is 47.6 cm³/mol. The largest absolute Gasteiger partial charge is 0.396 e. The highest BCUT2D eigenvalue weighted by molar-refractivity contribution is 5.59. The summed E-state index contributed by atoms with van der Waals surface area (Å²) in [6, 6.07) is 3.39. The van der Waals surface area contributed by atoms with Gasteiger partial charge in [-0.15, -0.1) is 0 Å². The van der Waals surface area contributed by atoms with E-state index in [1.165, 1.54) is 0 Å². The van der Waals surface area contributed by atoms with Crippen LogP contribution < -0.4 is 5.73 Å². The van der Waals surface area contributed by atoms with Crippen LogP contribution in [-0.2, 0) is 6.42 Å². The monoisotopic (exact) mass is 208 g/mol. The van der Waals surface area contributed by atoms with Gasteiger partial charge in [0.25, 0.3) is 6.43 Å². The van der Waals surface area contributed by atoms with E-state index in [1.54, 1.807) is 12.1 Å². The molecule has 0 atom stereocenters. The number of nitrogen functional groups attached to an aromatic ring is 1. The van der Waals surface area contributed by atoms with Crippen molar-refractivity contribution >= 4 is 5.69 Å². The molecule has 0 aliphatic carbocycles. The van der Waals surface area contributed by atoms with Crippen LogP contribution in [0.25, 0.3) is 0 Å². The van der Waals surface area contributed by atoms with E-state index in [2.05, 4.69) is 4.98 Å². The molecule has 15 heavy (non-hydrogen) atoms. The minimum absolute atomic E-state index is 0.0148. The third-order valence-electron chi connectivity index (χ3n) is 1.86. The number of alkyl halides is 2. The molecule has 0 saturated heterocycles. The summed E-state index contributed by atoms with van der Waals surface area (Å²) < 4.78 is 25.0. The third kappa shape index (κ3) is 2.00. The number of hydrogen-bond donors (Lipinski definition) is 1. The first-order chi connectivity index (χ1) is 7.11. The van der Waals surface area contributed by atoms with Crippen LogP contribution in [-0.4, -0.2) is 4.98 Å². The van der Waals surface area contributed by atoms with Crippen LogP contribution in [0.4, 0.5) is 14.5 Å². The van der Waals surface area contributed by atoms with Gasteiger partial charge in [0.05, 0.1) is 18.2 Å². The summed E-state index contributed by atoms with van der Waals surface area (Å²) in [6.07, 6.45) is -2.13. The summed E-state index contributed by atoms with van der Waals surface area (Å²) >= 11 is 0. The second-order valence-corrected chi connectivity index (χ2v) is 2.70. The highest BCUT2D eigenvalue weighted by atomic mass is 19.3. The number of nitrogens with two attached hydrogens (primary N) is 1. The van der Waals surface area contributed by atoms with Gasteiger partial charge < -0.3 is 5.73 Å². The van der Waals surface area contributed by atoms with E-state index in [0.29, 0.717) is 0 Å². The minimum Gasteiger partial charge on any atom is -0.396 e. The lowest BCUT2D eigenvalue weighted by molar-refractivity contribution is 0.150. The van der Waals surface area contributed by atoms with Crippen molar-refractivity contribution < 1.29 is 8.78 Å². The summed E-state index contributed by atoms with van der Waals surface area (Å²) in [7, 11) is 0. The maximum atomic E-state index is 12.5. The molecule has 1 aromatic rings. The molecular weight excluding hydrogens is 202 g/mol. The maximum Gasteiger partial charge on any atom is 0.265 e. The summed E-state index contributed by atoms with van der Waals surface area (Å²) in [5.74, 6) is 0. The van der Waals surface area contributed by atoms with Crippen LogP contribution in [0, 0.1) is 22.7 Å². The van der Waals surface area contributed by atoms with Crippen LogP contribution in [0.5, 0.6) is 0 Å². The molecule has 1 aromatic heterocycles. The fourth-order valence-corrected chi connectivity index (χ4v) is 1.13. The van der Waals surface area contributed by atoms with E-state index in [0.717, 1.165) is 6.20 Å². The molecule has 0 spiro atoms. The van der Waals surface area contributed by atoms with Gasteiger partial charge in [-0.05, 0) is 0 Å². The van der Waals surface area contributed by atoms with E-state index in [1.807, 2.05) is 0 Å². The molecular formula is C9H6F2N4. The zero-order valence-electron chi connectivity index (χ0n) is 7.54. The van der Waals surface area contributed by atoms with Gasteiger partial charge in [-0.25, -0.2) is 13.8 Å². The first-order valence-electron chi connectivity index (χ1n) is 3.94. The Balaban J connectivity index is 3.40. The summed E-state index contributed by atoms with van der Waals surface area (Å²) in [4.78, 5) is 3.49. The predicted octanol–water partition coefficient (Wildman–Crippen LogP) is 1.54. The molecule has 0 saturated carbocycles. The molecule has 0 aliphatic rings. The Bertz CT molecular complexity index is 456. The first-order valence-corrected chi connectivity index (χ1v) is 3.94. The standard InChI is InChI=1S/C9H6F2N4/c10-9(11)6-4-15-7(3-13)8(14)5(6)1-2-12/h4,9H,1,14H2. The van der Waals surface area contributed by atoms with Gasteiger partial charge in [0, 0.05) is 17.3 Å². The summed E-state index contributed by atoms with van der Waals surface area (Å²) in [5.41, 5.74) is 4.76. The summed E-state index contributed by atoms with van der Waals surface area (Å²) in [6.45, 7) is 0. The topological polar surface area (TPSA) is 86.5 Å². The third-order valence-corrected chi connectivity index (χ3v) is 1.86. The second kappa shape index (κ2) is 4.34. The average molecular weight is 208 g/mol. The van der Waals surface area contributed by atoms with Crippen molar-refractivity contribution in [3.63, 3.8) is 0 Å². The smallest absolute Gasteiger partial charge is 0.265 e. The lowest BCUT2D eigenvalue weighted by Crippen LogP contribution is -2.05. The Morgan fingerprint density at radius 3 is 2.60 bits per heavy atom. The summed E-state index contributed by atoms with van der Waals surface area (Å²) in [5, 5.41) is 17.0. The highest BCUT2D eigenvalue weighted by Gasteiger charge is 2.18. The number of nitrogens with zero attached hydrogens (tertiary/aromatic N) is 3. The van der Waals surface area contributed by atoms with E-state index >= 15 is 0 Å². The fraction of sp³-hybridized carbons (Fsp3) is 0.222. The number of nitriles is 2. The van der Waals surface area contributed by atoms with Crippen LogP contribution in [0.2, 0.25) is 0 Å².